The number of carbonyl (C=O) groups is 2. The van der Waals surface area contributed by atoms with Crippen LogP contribution in [0.15, 0.2) is 48.5 Å². The van der Waals surface area contributed by atoms with Crippen molar-refractivity contribution in [2.45, 2.75) is 32.1 Å². The van der Waals surface area contributed by atoms with Crippen LogP contribution in [0.5, 0.6) is 0 Å². The second-order valence-corrected chi connectivity index (χ2v) is 6.71. The van der Waals surface area contributed by atoms with Crippen LogP contribution < -0.4 is 10.6 Å². The predicted molar refractivity (Wildman–Crippen MR) is 101 cm³/mol. The Hall–Kier alpha value is -2.33. The molecular formula is C20H21ClN2O2. The van der Waals surface area contributed by atoms with E-state index in [9.17, 15) is 9.59 Å². The molecule has 1 fully saturated rings. The molecule has 1 aliphatic carbocycles. The third kappa shape index (κ3) is 4.40. The molecule has 0 saturated heterocycles. The van der Waals surface area contributed by atoms with Crippen LogP contribution in [0.1, 0.15) is 42.5 Å². The van der Waals surface area contributed by atoms with Crippen LogP contribution in [0, 0.1) is 5.92 Å². The maximum atomic E-state index is 12.5. The van der Waals surface area contributed by atoms with Gasteiger partial charge in [-0.3, -0.25) is 9.59 Å². The van der Waals surface area contributed by atoms with Crippen molar-refractivity contribution in [2.24, 2.45) is 5.92 Å². The molecule has 0 radical (unpaired) electrons. The first-order valence-corrected chi connectivity index (χ1v) is 8.99. The predicted octanol–water partition coefficient (Wildman–Crippen LogP) is 5.11. The van der Waals surface area contributed by atoms with Gasteiger partial charge in [-0.25, -0.2) is 0 Å². The van der Waals surface area contributed by atoms with Crippen LogP contribution in [-0.4, -0.2) is 11.8 Å². The van der Waals surface area contributed by atoms with E-state index in [4.69, 9.17) is 11.6 Å². The topological polar surface area (TPSA) is 58.2 Å². The Labute approximate surface area is 152 Å². The standard InChI is InChI=1S/C20H21ClN2O2/c21-16-11-5-4-10-15(16)20(25)23-18-13-7-6-12-17(18)22-19(24)14-8-2-1-3-9-14/h4-7,10-14H,1-3,8-9H2,(H,22,24)(H,23,25). The van der Waals surface area contributed by atoms with E-state index in [0.717, 1.165) is 25.7 Å². The highest BCUT2D eigenvalue weighted by atomic mass is 35.5. The molecule has 1 aliphatic rings. The lowest BCUT2D eigenvalue weighted by molar-refractivity contribution is -0.120. The lowest BCUT2D eigenvalue weighted by atomic mass is 9.88. The molecule has 130 valence electrons. The van der Waals surface area contributed by atoms with Gasteiger partial charge >= 0.3 is 0 Å². The molecule has 0 aromatic heterocycles. The minimum atomic E-state index is -0.301. The van der Waals surface area contributed by atoms with E-state index in [0.29, 0.717) is 22.0 Å². The summed E-state index contributed by atoms with van der Waals surface area (Å²) in [6, 6.07) is 14.1. The summed E-state index contributed by atoms with van der Waals surface area (Å²) in [4.78, 5) is 25.0. The second kappa shape index (κ2) is 8.17. The molecule has 0 aliphatic heterocycles. The van der Waals surface area contributed by atoms with E-state index < -0.39 is 0 Å². The second-order valence-electron chi connectivity index (χ2n) is 6.30. The van der Waals surface area contributed by atoms with E-state index >= 15 is 0 Å². The van der Waals surface area contributed by atoms with Crippen LogP contribution in [-0.2, 0) is 4.79 Å². The third-order valence-electron chi connectivity index (χ3n) is 4.53. The number of hydrogen-bond acceptors (Lipinski definition) is 2. The molecule has 2 aromatic carbocycles. The SMILES string of the molecule is O=C(Nc1ccccc1NC(=O)C1CCCCC1)c1ccccc1Cl. The van der Waals surface area contributed by atoms with Gasteiger partial charge in [-0.1, -0.05) is 55.1 Å². The molecule has 1 saturated carbocycles. The fraction of sp³-hybridized carbons (Fsp3) is 0.300. The number of halogens is 1. The van der Waals surface area contributed by atoms with Gasteiger partial charge in [0.15, 0.2) is 0 Å². The molecule has 25 heavy (non-hydrogen) atoms. The summed E-state index contributed by atoms with van der Waals surface area (Å²) in [7, 11) is 0. The lowest BCUT2D eigenvalue weighted by Crippen LogP contribution is -2.25. The molecule has 0 heterocycles. The van der Waals surface area contributed by atoms with Crippen molar-refractivity contribution >= 4 is 34.8 Å². The first-order chi connectivity index (χ1) is 12.1. The van der Waals surface area contributed by atoms with Crippen LogP contribution >= 0.6 is 11.6 Å². The van der Waals surface area contributed by atoms with E-state index in [1.165, 1.54) is 6.42 Å². The van der Waals surface area contributed by atoms with Gasteiger partial charge in [0.25, 0.3) is 5.91 Å². The summed E-state index contributed by atoms with van der Waals surface area (Å²) < 4.78 is 0. The van der Waals surface area contributed by atoms with Crippen molar-refractivity contribution in [1.29, 1.82) is 0 Å². The Balaban J connectivity index is 1.73. The highest BCUT2D eigenvalue weighted by Crippen LogP contribution is 2.28. The van der Waals surface area contributed by atoms with E-state index in [-0.39, 0.29) is 17.7 Å². The van der Waals surface area contributed by atoms with Crippen molar-refractivity contribution in [3.63, 3.8) is 0 Å². The monoisotopic (exact) mass is 356 g/mol. The minimum Gasteiger partial charge on any atom is -0.324 e. The Morgan fingerprint density at radius 2 is 1.44 bits per heavy atom. The van der Waals surface area contributed by atoms with Crippen LogP contribution in [0.2, 0.25) is 5.02 Å². The van der Waals surface area contributed by atoms with E-state index in [2.05, 4.69) is 10.6 Å². The number of carbonyl (C=O) groups excluding carboxylic acids is 2. The molecule has 0 bridgehead atoms. The van der Waals surface area contributed by atoms with Crippen LogP contribution in [0.3, 0.4) is 0 Å². The van der Waals surface area contributed by atoms with Gasteiger partial charge in [0.05, 0.1) is 22.0 Å². The molecule has 0 unspecified atom stereocenters. The number of anilines is 2. The smallest absolute Gasteiger partial charge is 0.257 e. The quantitative estimate of drug-likeness (QED) is 0.799. The molecule has 4 nitrogen and oxygen atoms in total. The fourth-order valence-corrected chi connectivity index (χ4v) is 3.36. The summed E-state index contributed by atoms with van der Waals surface area (Å²) in [6.45, 7) is 0. The molecule has 3 rings (SSSR count). The molecule has 2 amide bonds. The van der Waals surface area contributed by atoms with Crippen molar-refractivity contribution in [1.82, 2.24) is 0 Å². The number of para-hydroxylation sites is 2. The van der Waals surface area contributed by atoms with Crippen LogP contribution in [0.25, 0.3) is 0 Å². The van der Waals surface area contributed by atoms with Gasteiger partial charge in [0.2, 0.25) is 5.91 Å². The number of benzene rings is 2. The van der Waals surface area contributed by atoms with Gasteiger partial charge in [-0.15, -0.1) is 0 Å². The highest BCUT2D eigenvalue weighted by molar-refractivity contribution is 6.34. The van der Waals surface area contributed by atoms with Crippen LogP contribution in [0.4, 0.5) is 11.4 Å². The Morgan fingerprint density at radius 1 is 0.840 bits per heavy atom. The summed E-state index contributed by atoms with van der Waals surface area (Å²) in [5.41, 5.74) is 1.58. The van der Waals surface area contributed by atoms with Gasteiger partial charge in [0, 0.05) is 5.92 Å². The van der Waals surface area contributed by atoms with Crippen molar-refractivity contribution in [3.8, 4) is 0 Å². The lowest BCUT2D eigenvalue weighted by Gasteiger charge is -2.21. The summed E-state index contributed by atoms with van der Waals surface area (Å²) in [6.07, 6.45) is 5.26. The normalized spacial score (nSPS) is 14.8. The number of rotatable bonds is 4. The minimum absolute atomic E-state index is 0.0270. The molecule has 2 N–H and O–H groups in total. The molecule has 2 aromatic rings. The Morgan fingerprint density at radius 3 is 2.12 bits per heavy atom. The van der Waals surface area contributed by atoms with E-state index in [1.807, 2.05) is 12.1 Å². The van der Waals surface area contributed by atoms with Gasteiger partial charge in [0.1, 0.15) is 0 Å². The van der Waals surface area contributed by atoms with Gasteiger partial charge in [-0.2, -0.15) is 0 Å². The van der Waals surface area contributed by atoms with E-state index in [1.54, 1.807) is 36.4 Å². The van der Waals surface area contributed by atoms with Gasteiger partial charge < -0.3 is 10.6 Å². The first kappa shape index (κ1) is 17.5. The summed E-state index contributed by atoms with van der Waals surface area (Å²) in [5, 5.41) is 6.20. The molecule has 0 atom stereocenters. The highest BCUT2D eigenvalue weighted by Gasteiger charge is 2.22. The Bertz CT molecular complexity index is 770. The average Bonchev–Trinajstić information content (AvgIpc) is 2.64. The summed E-state index contributed by atoms with van der Waals surface area (Å²) >= 11 is 6.08. The zero-order valence-electron chi connectivity index (χ0n) is 13.9. The molecule has 0 spiro atoms. The Kier molecular flexibility index (Phi) is 5.71. The van der Waals surface area contributed by atoms with Crippen molar-refractivity contribution in [3.05, 3.63) is 59.1 Å². The molecular weight excluding hydrogens is 336 g/mol. The largest absolute Gasteiger partial charge is 0.324 e. The summed E-state index contributed by atoms with van der Waals surface area (Å²) in [5.74, 6) is -0.217. The fourth-order valence-electron chi connectivity index (χ4n) is 3.14. The average molecular weight is 357 g/mol. The third-order valence-corrected chi connectivity index (χ3v) is 4.86. The zero-order chi connectivity index (χ0) is 17.6. The zero-order valence-corrected chi connectivity index (χ0v) is 14.7. The number of nitrogens with one attached hydrogen (secondary N) is 2. The maximum Gasteiger partial charge on any atom is 0.257 e. The number of hydrogen-bond donors (Lipinski definition) is 2. The number of amides is 2. The molecule has 5 heteroatoms. The van der Waals surface area contributed by atoms with Gasteiger partial charge in [-0.05, 0) is 37.1 Å². The maximum absolute atomic E-state index is 12.5. The first-order valence-electron chi connectivity index (χ1n) is 8.61. The van der Waals surface area contributed by atoms with Crippen molar-refractivity contribution in [2.75, 3.05) is 10.6 Å². The van der Waals surface area contributed by atoms with Crippen molar-refractivity contribution < 1.29 is 9.59 Å².